The normalized spacial score (nSPS) is 15.4. The zero-order chi connectivity index (χ0) is 19.4. The molecule has 0 atom stereocenters. The molecule has 2 aromatic rings. The molecule has 0 unspecified atom stereocenters. The summed E-state index contributed by atoms with van der Waals surface area (Å²) in [6.07, 6.45) is 0.361. The van der Waals surface area contributed by atoms with Crippen molar-refractivity contribution in [3.05, 3.63) is 54.1 Å². The van der Waals surface area contributed by atoms with Crippen LogP contribution in [0, 0.1) is 5.41 Å². The lowest BCUT2D eigenvalue weighted by Crippen LogP contribution is -2.39. The zero-order valence-electron chi connectivity index (χ0n) is 15.5. The first-order valence-corrected chi connectivity index (χ1v) is 8.57. The summed E-state index contributed by atoms with van der Waals surface area (Å²) in [5, 5.41) is 9.79. The van der Waals surface area contributed by atoms with E-state index in [-0.39, 0.29) is 17.4 Å². The quantitative estimate of drug-likeness (QED) is 0.772. The fraction of sp³-hybridized carbons (Fsp3) is 0.250. The zero-order valence-corrected chi connectivity index (χ0v) is 15.5. The molecular formula is C20H22N4O3. The number of hydrogen-bond donors (Lipinski definition) is 3. The van der Waals surface area contributed by atoms with E-state index in [1.807, 2.05) is 32.0 Å². The number of urea groups is 1. The molecule has 140 valence electrons. The topological polar surface area (TPSA) is 91.8 Å². The number of amides is 3. The van der Waals surface area contributed by atoms with Crippen LogP contribution in [0.1, 0.15) is 25.8 Å². The molecule has 1 heterocycles. The highest BCUT2D eigenvalue weighted by Gasteiger charge is 2.33. The summed E-state index contributed by atoms with van der Waals surface area (Å²) in [7, 11) is 1.57. The number of nitrogens with one attached hydrogen (secondary N) is 3. The number of carbonyl (C=O) groups is 2. The number of hydrogen-bond acceptors (Lipinski definition) is 4. The van der Waals surface area contributed by atoms with Crippen LogP contribution in [0.15, 0.2) is 53.6 Å². The van der Waals surface area contributed by atoms with Gasteiger partial charge in [-0.3, -0.25) is 4.79 Å². The van der Waals surface area contributed by atoms with Gasteiger partial charge in [0.2, 0.25) is 5.91 Å². The van der Waals surface area contributed by atoms with E-state index in [0.29, 0.717) is 23.5 Å². The molecule has 27 heavy (non-hydrogen) atoms. The molecule has 7 heteroatoms. The lowest BCUT2D eigenvalue weighted by molar-refractivity contribution is -0.122. The first-order chi connectivity index (χ1) is 12.9. The molecular weight excluding hydrogens is 344 g/mol. The van der Waals surface area contributed by atoms with Crippen molar-refractivity contribution in [1.82, 2.24) is 5.43 Å². The maximum absolute atomic E-state index is 12.3. The van der Waals surface area contributed by atoms with Gasteiger partial charge >= 0.3 is 6.03 Å². The van der Waals surface area contributed by atoms with Crippen molar-refractivity contribution in [2.24, 2.45) is 10.5 Å². The van der Waals surface area contributed by atoms with Gasteiger partial charge < -0.3 is 15.4 Å². The Labute approximate surface area is 157 Å². The second-order valence-electron chi connectivity index (χ2n) is 6.95. The predicted molar refractivity (Wildman–Crippen MR) is 105 cm³/mol. The van der Waals surface area contributed by atoms with Crippen LogP contribution in [-0.2, 0) is 4.79 Å². The van der Waals surface area contributed by atoms with Gasteiger partial charge in [0.05, 0.1) is 12.8 Å². The predicted octanol–water partition coefficient (Wildman–Crippen LogP) is 3.59. The Balaban J connectivity index is 1.74. The van der Waals surface area contributed by atoms with Crippen LogP contribution in [0.2, 0.25) is 0 Å². The van der Waals surface area contributed by atoms with E-state index in [1.54, 1.807) is 37.4 Å². The second-order valence-corrected chi connectivity index (χ2v) is 6.95. The average molecular weight is 366 g/mol. The van der Waals surface area contributed by atoms with Crippen LogP contribution in [0.4, 0.5) is 16.2 Å². The molecule has 1 aliphatic rings. The summed E-state index contributed by atoms with van der Waals surface area (Å²) in [6, 6.07) is 14.1. The van der Waals surface area contributed by atoms with Crippen molar-refractivity contribution >= 4 is 29.0 Å². The van der Waals surface area contributed by atoms with E-state index in [2.05, 4.69) is 21.2 Å². The van der Waals surface area contributed by atoms with Crippen molar-refractivity contribution in [1.29, 1.82) is 0 Å². The van der Waals surface area contributed by atoms with Crippen molar-refractivity contribution in [3.8, 4) is 5.75 Å². The molecule has 3 rings (SSSR count). The van der Waals surface area contributed by atoms with Gasteiger partial charge in [0.15, 0.2) is 0 Å². The van der Waals surface area contributed by atoms with Gasteiger partial charge in [-0.2, -0.15) is 5.10 Å². The number of benzene rings is 2. The van der Waals surface area contributed by atoms with Gasteiger partial charge in [-0.25, -0.2) is 10.2 Å². The van der Waals surface area contributed by atoms with Crippen molar-refractivity contribution in [3.63, 3.8) is 0 Å². The lowest BCUT2D eigenvalue weighted by atomic mass is 9.79. The summed E-state index contributed by atoms with van der Waals surface area (Å²) < 4.78 is 5.15. The number of carbonyl (C=O) groups excluding carboxylic acids is 2. The number of methoxy groups -OCH3 is 1. The number of ether oxygens (including phenoxy) is 1. The molecule has 7 nitrogen and oxygen atoms in total. The molecule has 0 fully saturated rings. The number of hydrazone groups is 1. The van der Waals surface area contributed by atoms with E-state index >= 15 is 0 Å². The second kappa shape index (κ2) is 7.49. The van der Waals surface area contributed by atoms with Crippen LogP contribution >= 0.6 is 0 Å². The molecule has 0 aromatic heterocycles. The van der Waals surface area contributed by atoms with Crippen LogP contribution in [0.5, 0.6) is 5.75 Å². The Morgan fingerprint density at radius 2 is 1.78 bits per heavy atom. The first-order valence-electron chi connectivity index (χ1n) is 8.57. The van der Waals surface area contributed by atoms with E-state index in [9.17, 15) is 9.59 Å². The van der Waals surface area contributed by atoms with Crippen LogP contribution in [0.25, 0.3) is 0 Å². The summed E-state index contributed by atoms with van der Waals surface area (Å²) in [5.41, 5.74) is 5.02. The van der Waals surface area contributed by atoms with E-state index in [1.165, 1.54) is 0 Å². The molecule has 3 N–H and O–H groups in total. The van der Waals surface area contributed by atoms with Gasteiger partial charge in [-0.05, 0) is 24.3 Å². The van der Waals surface area contributed by atoms with Gasteiger partial charge in [0.1, 0.15) is 5.75 Å². The highest BCUT2D eigenvalue weighted by molar-refractivity contribution is 6.09. The summed E-state index contributed by atoms with van der Waals surface area (Å²) in [6.45, 7) is 3.94. The van der Waals surface area contributed by atoms with Crippen molar-refractivity contribution in [2.45, 2.75) is 20.3 Å². The van der Waals surface area contributed by atoms with Crippen molar-refractivity contribution < 1.29 is 14.3 Å². The van der Waals surface area contributed by atoms with Crippen molar-refractivity contribution in [2.75, 3.05) is 17.7 Å². The van der Waals surface area contributed by atoms with Gasteiger partial charge in [0, 0.05) is 34.8 Å². The molecule has 1 aliphatic heterocycles. The SMILES string of the molecule is COc1cccc(NC(=O)Nc2cccc(C3=NNC(=O)CC3(C)C)c2)c1. The van der Waals surface area contributed by atoms with E-state index in [4.69, 9.17) is 4.74 Å². The van der Waals surface area contributed by atoms with Gasteiger partial charge in [-0.15, -0.1) is 0 Å². The maximum atomic E-state index is 12.3. The highest BCUT2D eigenvalue weighted by atomic mass is 16.5. The lowest BCUT2D eigenvalue weighted by Gasteiger charge is -2.29. The smallest absolute Gasteiger partial charge is 0.323 e. The average Bonchev–Trinajstić information content (AvgIpc) is 2.61. The standard InChI is InChI=1S/C20H22N4O3/c1-20(2)12-17(25)23-24-18(20)13-6-4-7-14(10-13)21-19(26)22-15-8-5-9-16(11-15)27-3/h4-11H,12H2,1-3H3,(H,23,25)(H2,21,22,26). The third-order valence-electron chi connectivity index (χ3n) is 4.26. The van der Waals surface area contributed by atoms with E-state index in [0.717, 1.165) is 11.3 Å². The highest BCUT2D eigenvalue weighted by Crippen LogP contribution is 2.30. The molecule has 0 saturated heterocycles. The van der Waals surface area contributed by atoms with Gasteiger partial charge in [0.25, 0.3) is 0 Å². The Morgan fingerprint density at radius 1 is 1.11 bits per heavy atom. The Kier molecular flexibility index (Phi) is 5.12. The van der Waals surface area contributed by atoms with Crippen LogP contribution in [-0.4, -0.2) is 24.8 Å². The van der Waals surface area contributed by atoms with E-state index < -0.39 is 0 Å². The fourth-order valence-electron chi connectivity index (χ4n) is 2.99. The fourth-order valence-corrected chi connectivity index (χ4v) is 2.99. The monoisotopic (exact) mass is 366 g/mol. The van der Waals surface area contributed by atoms with Gasteiger partial charge in [-0.1, -0.05) is 32.0 Å². The molecule has 0 spiro atoms. The number of nitrogens with zero attached hydrogens (tertiary/aromatic N) is 1. The van der Waals surface area contributed by atoms with Crippen LogP contribution in [0.3, 0.4) is 0 Å². The Bertz CT molecular complexity index is 906. The molecule has 0 aliphatic carbocycles. The third kappa shape index (κ3) is 4.44. The molecule has 3 amide bonds. The third-order valence-corrected chi connectivity index (χ3v) is 4.26. The minimum atomic E-state index is -0.385. The van der Waals surface area contributed by atoms with Crippen LogP contribution < -0.4 is 20.8 Å². The number of anilines is 2. The number of rotatable bonds is 4. The molecule has 0 bridgehead atoms. The minimum absolute atomic E-state index is 0.101. The molecule has 2 aromatic carbocycles. The Hall–Kier alpha value is -3.35. The first kappa shape index (κ1) is 18.4. The Morgan fingerprint density at radius 3 is 2.44 bits per heavy atom. The summed E-state index contributed by atoms with van der Waals surface area (Å²) >= 11 is 0. The largest absolute Gasteiger partial charge is 0.497 e. The molecule has 0 saturated carbocycles. The maximum Gasteiger partial charge on any atom is 0.323 e. The molecule has 0 radical (unpaired) electrons. The summed E-state index contributed by atoms with van der Waals surface area (Å²) in [5.74, 6) is 0.560. The minimum Gasteiger partial charge on any atom is -0.497 e. The summed E-state index contributed by atoms with van der Waals surface area (Å²) in [4.78, 5) is 23.9.